The van der Waals surface area contributed by atoms with Crippen molar-refractivity contribution < 1.29 is 19.5 Å². The van der Waals surface area contributed by atoms with Crippen molar-refractivity contribution in [2.75, 3.05) is 13.6 Å². The quantitative estimate of drug-likeness (QED) is 0.842. The Labute approximate surface area is 129 Å². The molecule has 1 aliphatic rings. The van der Waals surface area contributed by atoms with E-state index in [1.165, 1.54) is 29.2 Å². The number of phenols is 1. The molecular formula is C16H20N2O4. The van der Waals surface area contributed by atoms with E-state index in [0.29, 0.717) is 12.0 Å². The number of nitrogens with zero attached hydrogens (tertiary/aromatic N) is 2. The summed E-state index contributed by atoms with van der Waals surface area (Å²) in [7, 11) is 1.57. The second-order valence-corrected chi connectivity index (χ2v) is 5.70. The van der Waals surface area contributed by atoms with Gasteiger partial charge in [0.15, 0.2) is 5.78 Å². The number of carbonyl (C=O) groups excluding carboxylic acids is 2. The Hall–Kier alpha value is -2.37. The molecule has 0 unspecified atom stereocenters. The molecule has 0 aliphatic carbocycles. The lowest BCUT2D eigenvalue weighted by Gasteiger charge is -2.19. The molecule has 1 N–H and O–H groups in total. The van der Waals surface area contributed by atoms with Gasteiger partial charge >= 0.3 is 0 Å². The lowest BCUT2D eigenvalue weighted by atomic mass is 10.0. The monoisotopic (exact) mass is 304 g/mol. The number of aromatic hydroxyl groups is 1. The number of likely N-dealkylation sites (N-methyl/N-ethyl adjacent to an activating group) is 1. The number of rotatable bonds is 5. The molecule has 1 aliphatic heterocycles. The smallest absolute Gasteiger partial charge is 0.267 e. The van der Waals surface area contributed by atoms with E-state index in [1.54, 1.807) is 7.05 Å². The summed E-state index contributed by atoms with van der Waals surface area (Å²) in [6, 6.07) is 5.94. The summed E-state index contributed by atoms with van der Waals surface area (Å²) in [5, 5.41) is 13.1. The standard InChI is InChI=1S/C16H20N2O4/c1-10(2)13-8-15(22-17-13)16(21)18(3)9-14(20)11-4-6-12(19)7-5-11/h4-7,10,15,19H,8-9H2,1-3H3/t15-/m1/s1. The molecule has 22 heavy (non-hydrogen) atoms. The molecule has 0 fully saturated rings. The maximum Gasteiger partial charge on any atom is 0.267 e. The minimum absolute atomic E-state index is 0.0412. The highest BCUT2D eigenvalue weighted by atomic mass is 16.6. The fourth-order valence-corrected chi connectivity index (χ4v) is 2.15. The van der Waals surface area contributed by atoms with Crippen LogP contribution in [0.25, 0.3) is 0 Å². The third kappa shape index (κ3) is 3.63. The molecule has 0 spiro atoms. The van der Waals surface area contributed by atoms with Crippen LogP contribution < -0.4 is 0 Å². The van der Waals surface area contributed by atoms with Crippen molar-refractivity contribution in [1.82, 2.24) is 4.90 Å². The first-order valence-corrected chi connectivity index (χ1v) is 7.18. The first kappa shape index (κ1) is 16.0. The lowest BCUT2D eigenvalue weighted by molar-refractivity contribution is -0.140. The van der Waals surface area contributed by atoms with Gasteiger partial charge < -0.3 is 14.8 Å². The van der Waals surface area contributed by atoms with E-state index in [2.05, 4.69) is 5.16 Å². The van der Waals surface area contributed by atoms with Crippen molar-refractivity contribution in [3.63, 3.8) is 0 Å². The summed E-state index contributed by atoms with van der Waals surface area (Å²) in [5.41, 5.74) is 1.31. The zero-order valence-electron chi connectivity index (χ0n) is 12.9. The van der Waals surface area contributed by atoms with Crippen LogP contribution >= 0.6 is 0 Å². The zero-order valence-corrected chi connectivity index (χ0v) is 12.9. The molecule has 1 aromatic carbocycles. The number of hydrogen-bond acceptors (Lipinski definition) is 5. The predicted molar refractivity (Wildman–Crippen MR) is 81.8 cm³/mol. The van der Waals surface area contributed by atoms with Gasteiger partial charge in [0.1, 0.15) is 5.75 Å². The van der Waals surface area contributed by atoms with Gasteiger partial charge in [-0.1, -0.05) is 19.0 Å². The molecule has 1 heterocycles. The Balaban J connectivity index is 1.92. The highest BCUT2D eigenvalue weighted by Gasteiger charge is 2.32. The Morgan fingerprint density at radius 3 is 2.55 bits per heavy atom. The van der Waals surface area contributed by atoms with Crippen LogP contribution in [0.1, 0.15) is 30.6 Å². The Kier molecular flexibility index (Phi) is 4.80. The van der Waals surface area contributed by atoms with Crippen LogP contribution in [0.15, 0.2) is 29.4 Å². The Morgan fingerprint density at radius 2 is 2.00 bits per heavy atom. The molecule has 0 radical (unpaired) electrons. The summed E-state index contributed by atoms with van der Waals surface area (Å²) in [6.45, 7) is 3.95. The van der Waals surface area contributed by atoms with Crippen LogP contribution in [0.5, 0.6) is 5.75 Å². The topological polar surface area (TPSA) is 79.2 Å². The average molecular weight is 304 g/mol. The highest BCUT2D eigenvalue weighted by Crippen LogP contribution is 2.18. The van der Waals surface area contributed by atoms with Gasteiger partial charge in [-0.3, -0.25) is 9.59 Å². The maximum absolute atomic E-state index is 12.3. The van der Waals surface area contributed by atoms with Crippen LogP contribution in [0, 0.1) is 5.92 Å². The Morgan fingerprint density at radius 1 is 1.36 bits per heavy atom. The molecule has 0 bridgehead atoms. The molecule has 1 amide bonds. The van der Waals surface area contributed by atoms with Crippen LogP contribution in [0.2, 0.25) is 0 Å². The maximum atomic E-state index is 12.3. The first-order chi connectivity index (χ1) is 10.4. The van der Waals surface area contributed by atoms with E-state index in [4.69, 9.17) is 4.84 Å². The summed E-state index contributed by atoms with van der Waals surface area (Å²) in [5.74, 6) is -0.120. The van der Waals surface area contributed by atoms with E-state index < -0.39 is 6.10 Å². The van der Waals surface area contributed by atoms with Crippen LogP contribution in [0.3, 0.4) is 0 Å². The van der Waals surface area contributed by atoms with Gasteiger partial charge in [-0.15, -0.1) is 0 Å². The largest absolute Gasteiger partial charge is 0.508 e. The molecule has 118 valence electrons. The van der Waals surface area contributed by atoms with Crippen molar-refractivity contribution in [2.45, 2.75) is 26.4 Å². The van der Waals surface area contributed by atoms with Gasteiger partial charge in [0.05, 0.1) is 12.3 Å². The zero-order chi connectivity index (χ0) is 16.3. The van der Waals surface area contributed by atoms with Crippen LogP contribution in [-0.4, -0.2) is 47.1 Å². The lowest BCUT2D eigenvalue weighted by Crippen LogP contribution is -2.39. The highest BCUT2D eigenvalue weighted by molar-refractivity contribution is 6.00. The molecule has 6 nitrogen and oxygen atoms in total. The number of oxime groups is 1. The fourth-order valence-electron chi connectivity index (χ4n) is 2.15. The number of Topliss-reactive ketones (excluding diaryl/α,β-unsaturated/α-hetero) is 1. The fraction of sp³-hybridized carbons (Fsp3) is 0.438. The molecule has 2 rings (SSSR count). The van der Waals surface area contributed by atoms with E-state index >= 15 is 0 Å². The number of phenolic OH excluding ortho intramolecular Hbond substituents is 1. The van der Waals surface area contributed by atoms with Crippen molar-refractivity contribution in [2.24, 2.45) is 11.1 Å². The number of ketones is 1. The van der Waals surface area contributed by atoms with E-state index in [-0.39, 0.29) is 29.9 Å². The third-order valence-electron chi connectivity index (χ3n) is 3.58. The minimum Gasteiger partial charge on any atom is -0.508 e. The minimum atomic E-state index is -0.644. The van der Waals surface area contributed by atoms with Crippen molar-refractivity contribution in [3.05, 3.63) is 29.8 Å². The number of amides is 1. The normalized spacial score (nSPS) is 17.1. The van der Waals surface area contributed by atoms with Gasteiger partial charge in [0, 0.05) is 19.0 Å². The van der Waals surface area contributed by atoms with E-state index in [9.17, 15) is 14.7 Å². The van der Waals surface area contributed by atoms with Crippen LogP contribution in [-0.2, 0) is 9.63 Å². The van der Waals surface area contributed by atoms with Crippen LogP contribution in [0.4, 0.5) is 0 Å². The third-order valence-corrected chi connectivity index (χ3v) is 3.58. The molecule has 0 saturated heterocycles. The van der Waals surface area contributed by atoms with Crippen molar-refractivity contribution >= 4 is 17.4 Å². The molecule has 0 saturated carbocycles. The Bertz CT molecular complexity index is 593. The van der Waals surface area contributed by atoms with Gasteiger partial charge in [0.25, 0.3) is 5.91 Å². The van der Waals surface area contributed by atoms with E-state index in [1.807, 2.05) is 13.8 Å². The first-order valence-electron chi connectivity index (χ1n) is 7.18. The average Bonchev–Trinajstić information content (AvgIpc) is 2.97. The van der Waals surface area contributed by atoms with E-state index in [0.717, 1.165) is 5.71 Å². The van der Waals surface area contributed by atoms with Gasteiger partial charge in [-0.25, -0.2) is 0 Å². The SMILES string of the molecule is CC(C)C1=NO[C@@H](C(=O)N(C)CC(=O)c2ccc(O)cc2)C1. The molecule has 1 aromatic rings. The second-order valence-electron chi connectivity index (χ2n) is 5.70. The molecule has 0 aromatic heterocycles. The van der Waals surface area contributed by atoms with Gasteiger partial charge in [-0.05, 0) is 30.2 Å². The van der Waals surface area contributed by atoms with Crippen molar-refractivity contribution in [1.29, 1.82) is 0 Å². The van der Waals surface area contributed by atoms with Gasteiger partial charge in [0.2, 0.25) is 6.10 Å². The summed E-state index contributed by atoms with van der Waals surface area (Å²) in [4.78, 5) is 30.9. The number of benzene rings is 1. The summed E-state index contributed by atoms with van der Waals surface area (Å²) < 4.78 is 0. The molecule has 6 heteroatoms. The molecular weight excluding hydrogens is 284 g/mol. The summed E-state index contributed by atoms with van der Waals surface area (Å²) in [6.07, 6.45) is -0.177. The molecule has 1 atom stereocenters. The van der Waals surface area contributed by atoms with Gasteiger partial charge in [-0.2, -0.15) is 0 Å². The second kappa shape index (κ2) is 6.60. The predicted octanol–water partition coefficient (Wildman–Crippen LogP) is 1.83. The number of carbonyl (C=O) groups is 2. The number of hydrogen-bond donors (Lipinski definition) is 1. The summed E-state index contributed by atoms with van der Waals surface area (Å²) >= 11 is 0. The van der Waals surface area contributed by atoms with Crippen molar-refractivity contribution in [3.8, 4) is 5.75 Å².